The minimum absolute atomic E-state index is 0.0811. The zero-order valence-corrected chi connectivity index (χ0v) is 14.2. The Labute approximate surface area is 132 Å². The van der Waals surface area contributed by atoms with Gasteiger partial charge in [0.05, 0.1) is 5.94 Å². The fourth-order valence-corrected chi connectivity index (χ4v) is 5.11. The molecule has 1 amide bonds. The Morgan fingerprint density at radius 2 is 2.20 bits per heavy atom. The third-order valence-electron chi connectivity index (χ3n) is 3.19. The largest absolute Gasteiger partial charge is 0.446 e. The predicted octanol–water partition coefficient (Wildman–Crippen LogP) is 4.11. The predicted molar refractivity (Wildman–Crippen MR) is 86.7 cm³/mol. The van der Waals surface area contributed by atoms with Crippen LogP contribution in [-0.2, 0) is 9.57 Å². The molecule has 1 atom stereocenters. The van der Waals surface area contributed by atoms with E-state index in [1.807, 2.05) is 6.92 Å². The summed E-state index contributed by atoms with van der Waals surface area (Å²) < 4.78 is 6.80. The lowest BCUT2D eigenvalue weighted by Gasteiger charge is -2.22. The Balaban J connectivity index is 1.68. The van der Waals surface area contributed by atoms with E-state index in [1.54, 1.807) is 17.8 Å². The van der Waals surface area contributed by atoms with Crippen LogP contribution in [0, 0.1) is 0 Å². The number of hydrogen-bond acceptors (Lipinski definition) is 7. The fourth-order valence-electron chi connectivity index (χ4n) is 1.94. The molecule has 5 nitrogen and oxygen atoms in total. The van der Waals surface area contributed by atoms with Crippen molar-refractivity contribution in [3.05, 3.63) is 0 Å². The van der Waals surface area contributed by atoms with E-state index in [2.05, 4.69) is 5.16 Å². The van der Waals surface area contributed by atoms with Gasteiger partial charge in [-0.25, -0.2) is 9.10 Å². The van der Waals surface area contributed by atoms with Crippen molar-refractivity contribution in [2.24, 2.45) is 5.16 Å². The summed E-state index contributed by atoms with van der Waals surface area (Å²) in [6, 6.07) is 0. The first-order valence-electron chi connectivity index (χ1n) is 6.77. The summed E-state index contributed by atoms with van der Waals surface area (Å²) in [6.07, 6.45) is 5.91. The van der Waals surface area contributed by atoms with Crippen LogP contribution >= 0.6 is 33.5 Å². The van der Waals surface area contributed by atoms with Crippen LogP contribution in [0.5, 0.6) is 0 Å². The number of hydrogen-bond donors (Lipinski definition) is 0. The SMILES string of the molecule is CC1OCSC1=NOC(=O)N(C)SSC1CCCCC1. The lowest BCUT2D eigenvalue weighted by Crippen LogP contribution is -2.20. The summed E-state index contributed by atoms with van der Waals surface area (Å²) in [5, 5.41) is 5.23. The number of thioether (sulfide) groups is 1. The highest BCUT2D eigenvalue weighted by Crippen LogP contribution is 2.37. The minimum Gasteiger partial charge on any atom is -0.361 e. The fraction of sp³-hybridized carbons (Fsp3) is 0.833. The number of carbonyl (C=O) groups excluding carboxylic acids is 1. The van der Waals surface area contributed by atoms with Crippen LogP contribution < -0.4 is 0 Å². The maximum absolute atomic E-state index is 11.8. The molecule has 2 aliphatic rings. The molecule has 0 radical (unpaired) electrons. The lowest BCUT2D eigenvalue weighted by molar-refractivity contribution is 0.132. The number of oxime groups is 1. The number of nitrogens with zero attached hydrogens (tertiary/aromatic N) is 2. The van der Waals surface area contributed by atoms with Crippen molar-refractivity contribution < 1.29 is 14.4 Å². The molecular weight excluding hydrogens is 316 g/mol. The smallest absolute Gasteiger partial charge is 0.361 e. The van der Waals surface area contributed by atoms with Gasteiger partial charge in [-0.1, -0.05) is 47.0 Å². The molecule has 0 aromatic rings. The Hall–Kier alpha value is -0.0500. The van der Waals surface area contributed by atoms with Gasteiger partial charge in [-0.15, -0.1) is 0 Å². The molecule has 1 saturated carbocycles. The maximum atomic E-state index is 11.8. The van der Waals surface area contributed by atoms with Gasteiger partial charge in [0.15, 0.2) is 0 Å². The standard InChI is InChI=1S/C12H20N2O3S3/c1-9-11(18-8-16-9)13-17-12(15)14(2)20-19-10-6-4-3-5-7-10/h9-10H,3-8H2,1-2H3. The van der Waals surface area contributed by atoms with Gasteiger partial charge in [-0.2, -0.15) is 0 Å². The van der Waals surface area contributed by atoms with E-state index in [0.717, 1.165) is 5.04 Å². The first-order valence-corrected chi connectivity index (χ1v) is 9.93. The first-order chi connectivity index (χ1) is 9.66. The van der Waals surface area contributed by atoms with Crippen LogP contribution in [0.3, 0.4) is 0 Å². The second-order valence-corrected chi connectivity index (χ2v) is 8.31. The van der Waals surface area contributed by atoms with E-state index in [9.17, 15) is 4.79 Å². The number of rotatable bonds is 4. The molecule has 2 rings (SSSR count). The average molecular weight is 337 g/mol. The van der Waals surface area contributed by atoms with Crippen LogP contribution in [-0.4, -0.2) is 39.8 Å². The molecule has 0 bridgehead atoms. The highest BCUT2D eigenvalue weighted by atomic mass is 33.1. The Bertz CT molecular complexity index is 362. The third-order valence-corrected chi connectivity index (χ3v) is 7.09. The zero-order valence-electron chi connectivity index (χ0n) is 11.7. The summed E-state index contributed by atoms with van der Waals surface area (Å²) in [5.41, 5.74) is 0. The number of ether oxygens (including phenoxy) is 1. The Kier molecular flexibility index (Phi) is 6.86. The van der Waals surface area contributed by atoms with E-state index in [4.69, 9.17) is 9.57 Å². The van der Waals surface area contributed by atoms with E-state index in [0.29, 0.717) is 11.2 Å². The number of amides is 1. The molecule has 1 heterocycles. The molecular formula is C12H20N2O3S3. The molecule has 20 heavy (non-hydrogen) atoms. The van der Waals surface area contributed by atoms with Gasteiger partial charge in [0.25, 0.3) is 0 Å². The van der Waals surface area contributed by atoms with Gasteiger partial charge in [0.2, 0.25) is 0 Å². The third kappa shape index (κ3) is 5.05. The summed E-state index contributed by atoms with van der Waals surface area (Å²) in [5.74, 6) is 0.569. The molecule has 2 fully saturated rings. The summed E-state index contributed by atoms with van der Waals surface area (Å²) in [7, 11) is 4.91. The van der Waals surface area contributed by atoms with Gasteiger partial charge < -0.3 is 4.74 Å². The molecule has 1 unspecified atom stereocenters. The molecule has 0 aromatic heterocycles. The van der Waals surface area contributed by atoms with Crippen molar-refractivity contribution in [1.29, 1.82) is 0 Å². The van der Waals surface area contributed by atoms with Crippen molar-refractivity contribution in [3.63, 3.8) is 0 Å². The zero-order chi connectivity index (χ0) is 14.4. The summed E-state index contributed by atoms with van der Waals surface area (Å²) >= 11 is 1.46. The van der Waals surface area contributed by atoms with Crippen molar-refractivity contribution in [3.8, 4) is 0 Å². The average Bonchev–Trinajstić information content (AvgIpc) is 2.88. The first kappa shape index (κ1) is 16.3. The van der Waals surface area contributed by atoms with Crippen LogP contribution in [0.2, 0.25) is 0 Å². The van der Waals surface area contributed by atoms with Crippen LogP contribution in [0.1, 0.15) is 39.0 Å². The van der Waals surface area contributed by atoms with E-state index in [1.165, 1.54) is 59.2 Å². The Morgan fingerprint density at radius 1 is 1.45 bits per heavy atom. The van der Waals surface area contributed by atoms with Crippen LogP contribution in [0.4, 0.5) is 4.79 Å². The molecule has 1 aliphatic carbocycles. The summed E-state index contributed by atoms with van der Waals surface area (Å²) in [6.45, 7) is 1.89. The second-order valence-electron chi connectivity index (χ2n) is 4.79. The highest BCUT2D eigenvalue weighted by Gasteiger charge is 2.22. The lowest BCUT2D eigenvalue weighted by atomic mass is 10.0. The monoisotopic (exact) mass is 336 g/mol. The van der Waals surface area contributed by atoms with E-state index in [-0.39, 0.29) is 6.10 Å². The van der Waals surface area contributed by atoms with Gasteiger partial charge in [0.1, 0.15) is 11.1 Å². The molecule has 8 heteroatoms. The minimum atomic E-state index is -0.439. The molecule has 1 saturated heterocycles. The molecule has 114 valence electrons. The van der Waals surface area contributed by atoms with Gasteiger partial charge in [0, 0.05) is 23.3 Å². The molecule has 0 N–H and O–H groups in total. The Morgan fingerprint density at radius 3 is 2.85 bits per heavy atom. The second kappa shape index (κ2) is 8.41. The van der Waals surface area contributed by atoms with Crippen LogP contribution in [0.15, 0.2) is 5.16 Å². The van der Waals surface area contributed by atoms with Gasteiger partial charge in [-0.05, 0) is 19.8 Å². The van der Waals surface area contributed by atoms with Gasteiger partial charge in [-0.3, -0.25) is 4.84 Å². The summed E-state index contributed by atoms with van der Waals surface area (Å²) in [4.78, 5) is 16.7. The van der Waals surface area contributed by atoms with E-state index >= 15 is 0 Å². The maximum Gasteiger partial charge on any atom is 0.446 e. The molecule has 0 aromatic carbocycles. The normalized spacial score (nSPS) is 25.9. The van der Waals surface area contributed by atoms with Crippen molar-refractivity contribution >= 4 is 44.7 Å². The van der Waals surface area contributed by atoms with Crippen molar-refractivity contribution in [1.82, 2.24) is 4.31 Å². The van der Waals surface area contributed by atoms with Crippen molar-refractivity contribution in [2.75, 3.05) is 13.0 Å². The quantitative estimate of drug-likeness (QED) is 0.333. The number of carbonyl (C=O) groups is 1. The van der Waals surface area contributed by atoms with Crippen LogP contribution in [0.25, 0.3) is 0 Å². The highest BCUT2D eigenvalue weighted by molar-refractivity contribution is 8.76. The van der Waals surface area contributed by atoms with Crippen molar-refractivity contribution in [2.45, 2.75) is 50.4 Å². The van der Waals surface area contributed by atoms with Gasteiger partial charge >= 0.3 is 6.09 Å². The molecule has 1 aliphatic heterocycles. The molecule has 0 spiro atoms. The topological polar surface area (TPSA) is 51.1 Å². The van der Waals surface area contributed by atoms with E-state index < -0.39 is 6.09 Å².